The van der Waals surface area contributed by atoms with E-state index in [-0.39, 0.29) is 11.3 Å². The number of carbonyl (C=O) groups excluding carboxylic acids is 1. The van der Waals surface area contributed by atoms with Crippen LogP contribution in [0.3, 0.4) is 0 Å². The van der Waals surface area contributed by atoms with Gasteiger partial charge >= 0.3 is 0 Å². The lowest BCUT2D eigenvalue weighted by molar-refractivity contribution is 0.103. The summed E-state index contributed by atoms with van der Waals surface area (Å²) in [5.41, 5.74) is 0.561. The molecule has 2 rings (SSSR count). The molecule has 0 aliphatic rings. The fraction of sp³-hybridized carbons (Fsp3) is 0. The van der Waals surface area contributed by atoms with Crippen LogP contribution in [-0.2, 0) is 0 Å². The zero-order valence-electron chi connectivity index (χ0n) is 8.58. The smallest absolute Gasteiger partial charge is 0.193 e. The van der Waals surface area contributed by atoms with Gasteiger partial charge in [0.15, 0.2) is 17.4 Å². The Kier molecular flexibility index (Phi) is 3.33. The Morgan fingerprint density at radius 3 is 2.06 bits per heavy atom. The van der Waals surface area contributed by atoms with Crippen LogP contribution in [0, 0.1) is 11.6 Å². The lowest BCUT2D eigenvalue weighted by Gasteiger charge is -2.02. The van der Waals surface area contributed by atoms with E-state index < -0.39 is 11.6 Å². The highest BCUT2D eigenvalue weighted by atomic mass is 79.9. The van der Waals surface area contributed by atoms with Gasteiger partial charge in [-0.15, -0.1) is 0 Å². The molecule has 1 nitrogen and oxygen atoms in total. The van der Waals surface area contributed by atoms with Crippen LogP contribution in [0.25, 0.3) is 0 Å². The molecule has 0 saturated carbocycles. The summed E-state index contributed by atoms with van der Waals surface area (Å²) in [6.07, 6.45) is 0. The first-order chi connectivity index (χ1) is 8.08. The van der Waals surface area contributed by atoms with Crippen LogP contribution in [-0.4, -0.2) is 5.78 Å². The van der Waals surface area contributed by atoms with Crippen LogP contribution in [0.2, 0.25) is 0 Å². The summed E-state index contributed by atoms with van der Waals surface area (Å²) in [7, 11) is 0. The van der Waals surface area contributed by atoms with Gasteiger partial charge in [-0.3, -0.25) is 4.79 Å². The van der Waals surface area contributed by atoms with Crippen LogP contribution >= 0.6 is 15.9 Å². The molecule has 0 bridgehead atoms. The average molecular weight is 297 g/mol. The normalized spacial score (nSPS) is 10.3. The molecule has 0 aromatic heterocycles. The van der Waals surface area contributed by atoms with Gasteiger partial charge in [0.25, 0.3) is 0 Å². The molecule has 0 aliphatic carbocycles. The number of hydrogen-bond acceptors (Lipinski definition) is 1. The maximum Gasteiger partial charge on any atom is 0.193 e. The SMILES string of the molecule is O=C(c1ccc(Br)cc1)c1ccc(F)c(F)c1. The molecule has 0 radical (unpaired) electrons. The highest BCUT2D eigenvalue weighted by Crippen LogP contribution is 2.16. The van der Waals surface area contributed by atoms with E-state index in [0.29, 0.717) is 5.56 Å². The van der Waals surface area contributed by atoms with Crippen molar-refractivity contribution in [3.63, 3.8) is 0 Å². The van der Waals surface area contributed by atoms with E-state index in [1.54, 1.807) is 24.3 Å². The van der Waals surface area contributed by atoms with Crippen LogP contribution in [0.1, 0.15) is 15.9 Å². The van der Waals surface area contributed by atoms with Gasteiger partial charge in [0.1, 0.15) is 0 Å². The first-order valence-electron chi connectivity index (χ1n) is 4.83. The second-order valence-corrected chi connectivity index (χ2v) is 4.38. The van der Waals surface area contributed by atoms with E-state index in [1.807, 2.05) is 0 Å². The Balaban J connectivity index is 2.37. The van der Waals surface area contributed by atoms with Crippen molar-refractivity contribution in [1.29, 1.82) is 0 Å². The van der Waals surface area contributed by atoms with Crippen molar-refractivity contribution in [2.75, 3.05) is 0 Å². The minimum Gasteiger partial charge on any atom is -0.289 e. The Morgan fingerprint density at radius 2 is 1.47 bits per heavy atom. The molecule has 0 unspecified atom stereocenters. The monoisotopic (exact) mass is 296 g/mol. The number of carbonyl (C=O) groups is 1. The fourth-order valence-electron chi connectivity index (χ4n) is 1.41. The molecular formula is C13H7BrF2O. The van der Waals surface area contributed by atoms with Gasteiger partial charge in [-0.2, -0.15) is 0 Å². The van der Waals surface area contributed by atoms with Gasteiger partial charge < -0.3 is 0 Å². The molecule has 0 atom stereocenters. The Hall–Kier alpha value is -1.55. The number of benzene rings is 2. The predicted molar refractivity (Wildman–Crippen MR) is 63.9 cm³/mol. The van der Waals surface area contributed by atoms with Crippen molar-refractivity contribution < 1.29 is 13.6 Å². The summed E-state index contributed by atoms with van der Waals surface area (Å²) in [4.78, 5) is 11.9. The van der Waals surface area contributed by atoms with Crippen molar-refractivity contribution >= 4 is 21.7 Å². The van der Waals surface area contributed by atoms with Crippen molar-refractivity contribution in [2.24, 2.45) is 0 Å². The standard InChI is InChI=1S/C13H7BrF2O/c14-10-4-1-8(2-5-10)13(17)9-3-6-11(15)12(16)7-9/h1-7H. The number of hydrogen-bond donors (Lipinski definition) is 0. The third-order valence-corrected chi connectivity index (χ3v) is 2.82. The topological polar surface area (TPSA) is 17.1 Å². The largest absolute Gasteiger partial charge is 0.289 e. The minimum atomic E-state index is -1.02. The molecule has 86 valence electrons. The van der Waals surface area contributed by atoms with E-state index in [9.17, 15) is 13.6 Å². The molecule has 0 heterocycles. The van der Waals surface area contributed by atoms with Crippen molar-refractivity contribution in [3.05, 3.63) is 69.7 Å². The molecule has 0 aliphatic heterocycles. The summed E-state index contributed by atoms with van der Waals surface area (Å²) in [5.74, 6) is -2.32. The third kappa shape index (κ3) is 2.58. The van der Waals surface area contributed by atoms with Crippen LogP contribution in [0.4, 0.5) is 8.78 Å². The van der Waals surface area contributed by atoms with Gasteiger partial charge in [0, 0.05) is 15.6 Å². The van der Waals surface area contributed by atoms with Crippen LogP contribution in [0.5, 0.6) is 0 Å². The first-order valence-corrected chi connectivity index (χ1v) is 5.62. The van der Waals surface area contributed by atoms with Crippen molar-refractivity contribution in [3.8, 4) is 0 Å². The van der Waals surface area contributed by atoms with Crippen LogP contribution in [0.15, 0.2) is 46.9 Å². The summed E-state index contributed by atoms with van der Waals surface area (Å²) < 4.78 is 26.6. The van der Waals surface area contributed by atoms with E-state index in [4.69, 9.17) is 0 Å². The first kappa shape index (κ1) is 11.9. The zero-order chi connectivity index (χ0) is 12.4. The average Bonchev–Trinajstić information content (AvgIpc) is 2.33. The molecular weight excluding hydrogens is 290 g/mol. The van der Waals surface area contributed by atoms with E-state index >= 15 is 0 Å². The fourth-order valence-corrected chi connectivity index (χ4v) is 1.67. The maximum atomic E-state index is 13.0. The summed E-state index contributed by atoms with van der Waals surface area (Å²) in [6, 6.07) is 9.78. The van der Waals surface area contributed by atoms with Gasteiger partial charge in [0.05, 0.1) is 0 Å². The number of ketones is 1. The van der Waals surface area contributed by atoms with E-state index in [2.05, 4.69) is 15.9 Å². The highest BCUT2D eigenvalue weighted by molar-refractivity contribution is 9.10. The van der Waals surface area contributed by atoms with Crippen molar-refractivity contribution in [2.45, 2.75) is 0 Å². The van der Waals surface area contributed by atoms with E-state index in [1.165, 1.54) is 6.07 Å². The maximum absolute atomic E-state index is 13.0. The number of rotatable bonds is 2. The number of halogens is 3. The lowest BCUT2D eigenvalue weighted by Crippen LogP contribution is -2.02. The predicted octanol–water partition coefficient (Wildman–Crippen LogP) is 3.96. The second kappa shape index (κ2) is 4.75. The second-order valence-electron chi connectivity index (χ2n) is 3.46. The Labute approximate surface area is 105 Å². The molecule has 0 amide bonds. The quantitative estimate of drug-likeness (QED) is 0.767. The third-order valence-electron chi connectivity index (χ3n) is 2.29. The minimum absolute atomic E-state index is 0.131. The lowest BCUT2D eigenvalue weighted by atomic mass is 10.0. The molecule has 4 heteroatoms. The van der Waals surface area contributed by atoms with Gasteiger partial charge in [-0.1, -0.05) is 15.9 Å². The summed E-state index contributed by atoms with van der Waals surface area (Å²) in [5, 5.41) is 0. The Bertz CT molecular complexity index is 564. The molecule has 0 N–H and O–H groups in total. The zero-order valence-corrected chi connectivity index (χ0v) is 10.2. The van der Waals surface area contributed by atoms with E-state index in [0.717, 1.165) is 16.6 Å². The molecule has 2 aromatic rings. The molecule has 2 aromatic carbocycles. The molecule has 17 heavy (non-hydrogen) atoms. The molecule has 0 saturated heterocycles. The van der Waals surface area contributed by atoms with Crippen molar-refractivity contribution in [1.82, 2.24) is 0 Å². The molecule has 0 spiro atoms. The van der Waals surface area contributed by atoms with Crippen LogP contribution < -0.4 is 0 Å². The van der Waals surface area contributed by atoms with Gasteiger partial charge in [-0.25, -0.2) is 8.78 Å². The van der Waals surface area contributed by atoms with Gasteiger partial charge in [-0.05, 0) is 42.5 Å². The molecule has 0 fully saturated rings. The highest BCUT2D eigenvalue weighted by Gasteiger charge is 2.11. The van der Waals surface area contributed by atoms with Gasteiger partial charge in [0.2, 0.25) is 0 Å². The Morgan fingerprint density at radius 1 is 0.882 bits per heavy atom. The summed E-state index contributed by atoms with van der Waals surface area (Å²) >= 11 is 3.25. The summed E-state index contributed by atoms with van der Waals surface area (Å²) in [6.45, 7) is 0.